The van der Waals surface area contributed by atoms with Crippen LogP contribution in [-0.2, 0) is 16.1 Å². The van der Waals surface area contributed by atoms with Crippen LogP contribution in [0.1, 0.15) is 29.7 Å². The van der Waals surface area contributed by atoms with Gasteiger partial charge in [-0.2, -0.15) is 0 Å². The quantitative estimate of drug-likeness (QED) is 0.777. The first kappa shape index (κ1) is 17.5. The lowest BCUT2D eigenvalue weighted by Gasteiger charge is -2.29. The second-order valence-corrected chi connectivity index (χ2v) is 6.94. The van der Waals surface area contributed by atoms with Crippen molar-refractivity contribution in [3.8, 4) is 0 Å². The van der Waals surface area contributed by atoms with Crippen molar-refractivity contribution in [1.29, 1.82) is 0 Å². The van der Waals surface area contributed by atoms with Gasteiger partial charge in [0.05, 0.1) is 12.5 Å². The number of nitrogens with zero attached hydrogens (tertiary/aromatic N) is 1. The smallest absolute Gasteiger partial charge is 0.307 e. The van der Waals surface area contributed by atoms with Crippen LogP contribution in [0.2, 0.25) is 0 Å². The molecule has 1 amide bonds. The summed E-state index contributed by atoms with van der Waals surface area (Å²) in [7, 11) is 0. The van der Waals surface area contributed by atoms with E-state index in [4.69, 9.17) is 5.11 Å². The number of amides is 1. The van der Waals surface area contributed by atoms with Crippen molar-refractivity contribution >= 4 is 22.8 Å². The second kappa shape index (κ2) is 7.27. The van der Waals surface area contributed by atoms with E-state index in [1.165, 1.54) is 10.9 Å². The van der Waals surface area contributed by atoms with Gasteiger partial charge < -0.3 is 15.4 Å². The fourth-order valence-corrected chi connectivity index (χ4v) is 3.48. The highest BCUT2D eigenvalue weighted by Gasteiger charge is 2.26. The third kappa shape index (κ3) is 4.02. The number of carboxylic acid groups (broad SMARTS) is 1. The highest BCUT2D eigenvalue weighted by molar-refractivity contribution is 5.85. The van der Waals surface area contributed by atoms with Crippen LogP contribution in [0.4, 0.5) is 0 Å². The summed E-state index contributed by atoms with van der Waals surface area (Å²) in [5, 5.41) is 13.3. The van der Waals surface area contributed by atoms with Crippen molar-refractivity contribution < 1.29 is 14.7 Å². The fraction of sp³-hybridized carbons (Fsp3) is 0.474. The first-order chi connectivity index (χ1) is 11.9. The number of hydrogen-bond acceptors (Lipinski definition) is 3. The zero-order valence-electron chi connectivity index (χ0n) is 14.8. The minimum absolute atomic E-state index is 0.0619. The fourth-order valence-electron chi connectivity index (χ4n) is 3.48. The average Bonchev–Trinajstić information content (AvgIpc) is 2.87. The van der Waals surface area contributed by atoms with Gasteiger partial charge in [-0.15, -0.1) is 0 Å². The van der Waals surface area contributed by atoms with Crippen LogP contribution in [0.3, 0.4) is 0 Å². The first-order valence-corrected chi connectivity index (χ1v) is 8.73. The predicted octanol–water partition coefficient (Wildman–Crippen LogP) is 2.20. The molecule has 0 spiro atoms. The molecule has 25 heavy (non-hydrogen) atoms. The van der Waals surface area contributed by atoms with Crippen LogP contribution in [-0.4, -0.2) is 46.5 Å². The summed E-state index contributed by atoms with van der Waals surface area (Å²) >= 11 is 0. The van der Waals surface area contributed by atoms with Crippen molar-refractivity contribution in [2.45, 2.75) is 33.2 Å². The van der Waals surface area contributed by atoms with E-state index < -0.39 is 5.97 Å². The van der Waals surface area contributed by atoms with E-state index in [2.05, 4.69) is 30.2 Å². The summed E-state index contributed by atoms with van der Waals surface area (Å²) in [5.74, 6) is -1.19. The Bertz CT molecular complexity index is 797. The Kier molecular flexibility index (Phi) is 5.08. The molecule has 1 unspecified atom stereocenters. The molecular weight excluding hydrogens is 318 g/mol. The highest BCUT2D eigenvalue weighted by atomic mass is 16.4. The molecule has 3 N–H and O–H groups in total. The van der Waals surface area contributed by atoms with Crippen molar-refractivity contribution in [3.63, 3.8) is 0 Å². The summed E-state index contributed by atoms with van der Waals surface area (Å²) in [4.78, 5) is 28.6. The SMILES string of the molecule is Cc1[nH]c2ccc(CNC(=O)CN3CCCC(C(=O)O)C3)cc2c1C. The number of carboxylic acids is 1. The van der Waals surface area contributed by atoms with Crippen LogP contribution >= 0.6 is 0 Å². The van der Waals surface area contributed by atoms with E-state index in [-0.39, 0.29) is 18.4 Å². The summed E-state index contributed by atoms with van der Waals surface area (Å²) in [6.45, 7) is 6.12. The van der Waals surface area contributed by atoms with Gasteiger partial charge in [-0.1, -0.05) is 6.07 Å². The maximum atomic E-state index is 12.2. The van der Waals surface area contributed by atoms with Gasteiger partial charge in [0.2, 0.25) is 5.91 Å². The van der Waals surface area contributed by atoms with Gasteiger partial charge >= 0.3 is 5.97 Å². The molecule has 1 aliphatic heterocycles. The van der Waals surface area contributed by atoms with Crippen LogP contribution in [0.5, 0.6) is 0 Å². The Hall–Kier alpha value is -2.34. The Morgan fingerprint density at radius 2 is 2.16 bits per heavy atom. The summed E-state index contributed by atoms with van der Waals surface area (Å²) in [6, 6.07) is 6.16. The molecule has 1 fully saturated rings. The highest BCUT2D eigenvalue weighted by Crippen LogP contribution is 2.22. The number of aromatic nitrogens is 1. The molecule has 134 valence electrons. The van der Waals surface area contributed by atoms with Crippen LogP contribution in [0.25, 0.3) is 10.9 Å². The van der Waals surface area contributed by atoms with Gasteiger partial charge in [0.15, 0.2) is 0 Å². The number of carbonyl (C=O) groups excluding carboxylic acids is 1. The van der Waals surface area contributed by atoms with Gasteiger partial charge in [0.1, 0.15) is 0 Å². The van der Waals surface area contributed by atoms with Gasteiger partial charge in [0.25, 0.3) is 0 Å². The first-order valence-electron chi connectivity index (χ1n) is 8.73. The van der Waals surface area contributed by atoms with E-state index in [0.717, 1.165) is 29.7 Å². The molecule has 1 aliphatic rings. The molecule has 0 radical (unpaired) electrons. The number of aryl methyl sites for hydroxylation is 2. The molecular formula is C19H25N3O3. The van der Waals surface area contributed by atoms with E-state index in [9.17, 15) is 9.59 Å². The molecule has 2 aromatic rings. The summed E-state index contributed by atoms with van der Waals surface area (Å²) < 4.78 is 0. The molecule has 1 atom stereocenters. The average molecular weight is 343 g/mol. The molecule has 2 heterocycles. The number of nitrogens with one attached hydrogen (secondary N) is 2. The normalized spacial score (nSPS) is 18.4. The van der Waals surface area contributed by atoms with Gasteiger partial charge in [0, 0.05) is 29.7 Å². The number of hydrogen-bond donors (Lipinski definition) is 3. The molecule has 3 rings (SSSR count). The number of rotatable bonds is 5. The zero-order valence-corrected chi connectivity index (χ0v) is 14.8. The number of H-pyrrole nitrogens is 1. The lowest BCUT2D eigenvalue weighted by molar-refractivity contribution is -0.144. The van der Waals surface area contributed by atoms with Crippen LogP contribution in [0, 0.1) is 19.8 Å². The van der Waals surface area contributed by atoms with E-state index in [0.29, 0.717) is 19.5 Å². The third-order valence-electron chi connectivity index (χ3n) is 5.08. The second-order valence-electron chi connectivity index (χ2n) is 6.94. The molecule has 1 aromatic carbocycles. The molecule has 0 aliphatic carbocycles. The Balaban J connectivity index is 1.55. The molecule has 6 heteroatoms. The van der Waals surface area contributed by atoms with Crippen molar-refractivity contribution in [2.75, 3.05) is 19.6 Å². The minimum atomic E-state index is -0.768. The molecule has 0 bridgehead atoms. The Morgan fingerprint density at radius 1 is 1.36 bits per heavy atom. The van der Waals surface area contributed by atoms with E-state index in [1.54, 1.807) is 0 Å². The third-order valence-corrected chi connectivity index (χ3v) is 5.08. The topological polar surface area (TPSA) is 85.4 Å². The van der Waals surface area contributed by atoms with Crippen LogP contribution in [0.15, 0.2) is 18.2 Å². The number of benzene rings is 1. The van der Waals surface area contributed by atoms with Gasteiger partial charge in [-0.25, -0.2) is 0 Å². The van der Waals surface area contributed by atoms with Gasteiger partial charge in [-0.3, -0.25) is 14.5 Å². The summed E-state index contributed by atoms with van der Waals surface area (Å²) in [6.07, 6.45) is 1.52. The number of piperidine rings is 1. The lowest BCUT2D eigenvalue weighted by Crippen LogP contribution is -2.44. The van der Waals surface area contributed by atoms with Crippen molar-refractivity contribution in [2.24, 2.45) is 5.92 Å². The van der Waals surface area contributed by atoms with Gasteiger partial charge in [-0.05, 0) is 56.5 Å². The zero-order chi connectivity index (χ0) is 18.0. The largest absolute Gasteiger partial charge is 0.481 e. The van der Waals surface area contributed by atoms with Crippen LogP contribution < -0.4 is 5.32 Å². The Labute approximate surface area is 147 Å². The maximum absolute atomic E-state index is 12.2. The number of fused-ring (bicyclic) bond motifs is 1. The lowest BCUT2D eigenvalue weighted by atomic mass is 9.98. The van der Waals surface area contributed by atoms with Crippen molar-refractivity contribution in [1.82, 2.24) is 15.2 Å². The van der Waals surface area contributed by atoms with Crippen molar-refractivity contribution in [3.05, 3.63) is 35.0 Å². The number of aliphatic carboxylic acids is 1. The molecule has 1 saturated heterocycles. The number of carbonyl (C=O) groups is 2. The monoisotopic (exact) mass is 343 g/mol. The Morgan fingerprint density at radius 3 is 2.92 bits per heavy atom. The minimum Gasteiger partial charge on any atom is -0.481 e. The number of likely N-dealkylation sites (tertiary alicyclic amines) is 1. The molecule has 6 nitrogen and oxygen atoms in total. The number of aromatic amines is 1. The molecule has 1 aromatic heterocycles. The van der Waals surface area contributed by atoms with E-state index >= 15 is 0 Å². The predicted molar refractivity (Wildman–Crippen MR) is 96.4 cm³/mol. The van der Waals surface area contributed by atoms with E-state index in [1.807, 2.05) is 17.0 Å². The molecule has 0 saturated carbocycles. The maximum Gasteiger partial charge on any atom is 0.307 e. The summed E-state index contributed by atoms with van der Waals surface area (Å²) in [5.41, 5.74) is 4.56. The standard InChI is InChI=1S/C19H25N3O3/c1-12-13(2)21-17-6-5-14(8-16(12)17)9-20-18(23)11-22-7-3-4-15(10-22)19(24)25/h5-6,8,15,21H,3-4,7,9-11H2,1-2H3,(H,20,23)(H,24,25).